The zero-order valence-corrected chi connectivity index (χ0v) is 32.0. The van der Waals surface area contributed by atoms with Crippen LogP contribution in [0.25, 0.3) is 22.2 Å². The number of nitrogens with one attached hydrogen (secondary N) is 3. The number of carbonyl (C=O) groups is 2. The van der Waals surface area contributed by atoms with Crippen LogP contribution in [0.3, 0.4) is 0 Å². The second-order valence-corrected chi connectivity index (χ2v) is 15.2. The first kappa shape index (κ1) is 37.8. The van der Waals surface area contributed by atoms with Gasteiger partial charge in [-0.1, -0.05) is 80.6 Å². The van der Waals surface area contributed by atoms with Gasteiger partial charge in [0.05, 0.1) is 24.8 Å². The third kappa shape index (κ3) is 7.98. The number of hydrogen-bond donors (Lipinski definition) is 3. The van der Waals surface area contributed by atoms with Gasteiger partial charge >= 0.3 is 12.1 Å². The molecule has 7 rings (SSSR count). The van der Waals surface area contributed by atoms with Gasteiger partial charge in [0.15, 0.2) is 11.6 Å². The van der Waals surface area contributed by atoms with Crippen LogP contribution in [0.5, 0.6) is 5.75 Å². The Labute approximate surface area is 324 Å². The molecule has 1 aliphatic carbocycles. The molecule has 14 nitrogen and oxygen atoms in total. The lowest BCUT2D eigenvalue weighted by Crippen LogP contribution is -2.46. The molecule has 0 aliphatic heterocycles. The fraction of sp³-hybridized carbons (Fsp3) is 0.244. The monoisotopic (exact) mass is 775 g/mol. The van der Waals surface area contributed by atoms with E-state index in [1.165, 1.54) is 24.1 Å². The second-order valence-electron chi connectivity index (χ2n) is 13.6. The maximum Gasteiger partial charge on any atom is 0.407 e. The van der Waals surface area contributed by atoms with Gasteiger partial charge in [-0.25, -0.2) is 24.5 Å². The van der Waals surface area contributed by atoms with Crippen LogP contribution in [0.15, 0.2) is 109 Å². The standard InChI is InChI=1S/C41H41N7O7S/c1-25(2)36(46-41(50)55-24-32-30-13-7-5-11-28(30)29-12-6-8-14-31(29)32)39(49)54-22-19-26-17-18-27(53-4)23-35(26)45-37-38(44-34-16-10-9-15-33(34)43-37)47-56(51,52)40-42-20-21-48(40)3/h5-18,20-21,23,25,32,36H,19,22,24H2,1-4H3,(H,43,45)(H,44,47)(H,46,50)/t36-/m0/s1. The van der Waals surface area contributed by atoms with Gasteiger partial charge in [-0.3, -0.25) is 4.72 Å². The first-order chi connectivity index (χ1) is 27.0. The number of para-hydroxylation sites is 2. The Hall–Kier alpha value is -6.48. The van der Waals surface area contributed by atoms with E-state index in [2.05, 4.69) is 37.5 Å². The number of rotatable bonds is 14. The Morgan fingerprint density at radius 1 is 0.857 bits per heavy atom. The molecule has 1 amide bonds. The van der Waals surface area contributed by atoms with Gasteiger partial charge < -0.3 is 29.4 Å². The number of anilines is 3. The number of fused-ring (bicyclic) bond motifs is 4. The number of amides is 1. The van der Waals surface area contributed by atoms with Crippen LogP contribution in [0.1, 0.15) is 36.5 Å². The van der Waals surface area contributed by atoms with E-state index in [0.29, 0.717) is 28.0 Å². The third-order valence-electron chi connectivity index (χ3n) is 9.54. The molecule has 15 heteroatoms. The van der Waals surface area contributed by atoms with Crippen molar-refractivity contribution < 1.29 is 32.2 Å². The summed E-state index contributed by atoms with van der Waals surface area (Å²) in [5.74, 6) is -0.429. The molecule has 0 saturated carbocycles. The summed E-state index contributed by atoms with van der Waals surface area (Å²) in [6.07, 6.45) is 2.45. The number of benzene rings is 4. The van der Waals surface area contributed by atoms with E-state index in [4.69, 9.17) is 19.2 Å². The smallest absolute Gasteiger partial charge is 0.407 e. The lowest BCUT2D eigenvalue weighted by molar-refractivity contribution is -0.147. The van der Waals surface area contributed by atoms with E-state index >= 15 is 0 Å². The number of carbonyl (C=O) groups excluding carboxylic acids is 2. The highest BCUT2D eigenvalue weighted by atomic mass is 32.2. The van der Waals surface area contributed by atoms with Gasteiger partial charge in [0.2, 0.25) is 5.16 Å². The van der Waals surface area contributed by atoms with Crippen molar-refractivity contribution in [1.29, 1.82) is 0 Å². The molecule has 1 atom stereocenters. The normalized spacial score (nSPS) is 12.8. The van der Waals surface area contributed by atoms with Crippen molar-refractivity contribution >= 4 is 50.4 Å². The van der Waals surface area contributed by atoms with Crippen molar-refractivity contribution in [2.75, 3.05) is 30.4 Å². The summed E-state index contributed by atoms with van der Waals surface area (Å²) in [6.45, 7) is 3.70. The molecule has 6 aromatic rings. The lowest BCUT2D eigenvalue weighted by atomic mass is 9.98. The van der Waals surface area contributed by atoms with Crippen molar-refractivity contribution in [3.63, 3.8) is 0 Å². The first-order valence-electron chi connectivity index (χ1n) is 18.0. The molecule has 0 radical (unpaired) electrons. The molecule has 4 aromatic carbocycles. The fourth-order valence-electron chi connectivity index (χ4n) is 6.70. The summed E-state index contributed by atoms with van der Waals surface area (Å²) < 4.78 is 47.5. The molecule has 0 bridgehead atoms. The van der Waals surface area contributed by atoms with E-state index in [1.54, 1.807) is 49.5 Å². The number of alkyl carbamates (subject to hydrolysis) is 1. The Morgan fingerprint density at radius 2 is 1.50 bits per heavy atom. The van der Waals surface area contributed by atoms with Crippen LogP contribution in [0.2, 0.25) is 0 Å². The molecule has 0 unspecified atom stereocenters. The van der Waals surface area contributed by atoms with Crippen molar-refractivity contribution in [3.8, 4) is 16.9 Å². The molecular formula is C41H41N7O7S. The Morgan fingerprint density at radius 3 is 2.12 bits per heavy atom. The molecule has 288 valence electrons. The minimum absolute atomic E-state index is 0.0303. The number of imidazole rings is 1. The summed E-state index contributed by atoms with van der Waals surface area (Å²) in [5.41, 5.74) is 6.62. The zero-order chi connectivity index (χ0) is 39.4. The number of sulfonamides is 1. The van der Waals surface area contributed by atoms with Crippen LogP contribution in [-0.4, -0.2) is 66.4 Å². The maximum absolute atomic E-state index is 13.4. The Bertz CT molecular complexity index is 2480. The molecule has 0 spiro atoms. The minimum Gasteiger partial charge on any atom is -0.497 e. The highest BCUT2D eigenvalue weighted by molar-refractivity contribution is 7.92. The molecule has 56 heavy (non-hydrogen) atoms. The van der Waals surface area contributed by atoms with E-state index in [9.17, 15) is 18.0 Å². The molecule has 0 saturated heterocycles. The van der Waals surface area contributed by atoms with Crippen molar-refractivity contribution in [2.24, 2.45) is 13.0 Å². The number of ether oxygens (including phenoxy) is 3. The van der Waals surface area contributed by atoms with Gasteiger partial charge in [-0.05, 0) is 51.9 Å². The molecule has 2 heterocycles. The summed E-state index contributed by atoms with van der Waals surface area (Å²) >= 11 is 0. The molecule has 1 aliphatic rings. The number of aromatic nitrogens is 4. The zero-order valence-electron chi connectivity index (χ0n) is 31.2. The van der Waals surface area contributed by atoms with Crippen LogP contribution in [0.4, 0.5) is 22.1 Å². The Balaban J connectivity index is 1.03. The van der Waals surface area contributed by atoms with Crippen molar-refractivity contribution in [3.05, 3.63) is 120 Å². The summed E-state index contributed by atoms with van der Waals surface area (Å²) in [6, 6.07) is 27.5. The maximum atomic E-state index is 13.4. The second kappa shape index (κ2) is 16.1. The molecule has 3 N–H and O–H groups in total. The predicted octanol–water partition coefficient (Wildman–Crippen LogP) is 6.57. The highest BCUT2D eigenvalue weighted by Gasteiger charge is 2.31. The highest BCUT2D eigenvalue weighted by Crippen LogP contribution is 2.44. The summed E-state index contributed by atoms with van der Waals surface area (Å²) in [5, 5.41) is 5.73. The Kier molecular flexibility index (Phi) is 10.9. The van der Waals surface area contributed by atoms with Crippen molar-refractivity contribution in [2.45, 2.75) is 37.4 Å². The van der Waals surface area contributed by atoms with Crippen molar-refractivity contribution in [1.82, 2.24) is 24.8 Å². The van der Waals surface area contributed by atoms with Gasteiger partial charge in [-0.15, -0.1) is 0 Å². The van der Waals surface area contributed by atoms with Gasteiger partial charge in [-0.2, -0.15) is 8.42 Å². The van der Waals surface area contributed by atoms with E-state index < -0.39 is 28.1 Å². The van der Waals surface area contributed by atoms with E-state index in [-0.39, 0.29) is 48.3 Å². The van der Waals surface area contributed by atoms with Gasteiger partial charge in [0, 0.05) is 43.5 Å². The van der Waals surface area contributed by atoms with Crippen LogP contribution < -0.4 is 20.1 Å². The number of hydrogen-bond acceptors (Lipinski definition) is 11. The molecule has 2 aromatic heterocycles. The number of nitrogens with zero attached hydrogens (tertiary/aromatic N) is 4. The quantitative estimate of drug-likeness (QED) is 0.102. The number of methoxy groups -OCH3 is 1. The summed E-state index contributed by atoms with van der Waals surface area (Å²) in [7, 11) is -1.05. The average molecular weight is 776 g/mol. The average Bonchev–Trinajstić information content (AvgIpc) is 3.78. The topological polar surface area (TPSA) is 176 Å². The van der Waals surface area contributed by atoms with E-state index in [1.807, 2.05) is 50.2 Å². The van der Waals surface area contributed by atoms with Gasteiger partial charge in [0.1, 0.15) is 18.4 Å². The predicted molar refractivity (Wildman–Crippen MR) is 211 cm³/mol. The lowest BCUT2D eigenvalue weighted by Gasteiger charge is -2.22. The SMILES string of the molecule is COc1ccc(CCOC(=O)[C@@H](NC(=O)OCC2c3ccccc3-c3ccccc32)C(C)C)c(Nc2nc3ccccc3nc2NS(=O)(=O)c2nccn2C)c1. The summed E-state index contributed by atoms with van der Waals surface area (Å²) in [4.78, 5) is 39.7. The largest absolute Gasteiger partial charge is 0.497 e. The van der Waals surface area contributed by atoms with Crippen LogP contribution in [-0.2, 0) is 37.8 Å². The first-order valence-corrected chi connectivity index (χ1v) is 19.5. The number of esters is 1. The van der Waals surface area contributed by atoms with Crippen LogP contribution >= 0.6 is 0 Å². The number of aryl methyl sites for hydroxylation is 1. The minimum atomic E-state index is -4.15. The fourth-order valence-corrected chi connectivity index (χ4v) is 7.83. The third-order valence-corrected chi connectivity index (χ3v) is 10.9. The molecular weight excluding hydrogens is 735 g/mol. The van der Waals surface area contributed by atoms with Crippen LogP contribution in [0, 0.1) is 5.92 Å². The van der Waals surface area contributed by atoms with Gasteiger partial charge in [0.25, 0.3) is 10.0 Å². The molecule has 0 fully saturated rings. The van der Waals surface area contributed by atoms with E-state index in [0.717, 1.165) is 22.3 Å².